The molecule has 0 bridgehead atoms. The molecule has 0 N–H and O–H groups in total. The Kier molecular flexibility index (Phi) is 5.04. The number of alkyl halides is 3. The van der Waals surface area contributed by atoms with Gasteiger partial charge in [-0.3, -0.25) is 4.79 Å². The van der Waals surface area contributed by atoms with Crippen molar-refractivity contribution in [3.63, 3.8) is 0 Å². The van der Waals surface area contributed by atoms with Crippen LogP contribution in [0.25, 0.3) is 0 Å². The number of aldehydes is 1. The fourth-order valence-corrected chi connectivity index (χ4v) is 1.72. The van der Waals surface area contributed by atoms with Crippen LogP contribution in [0.1, 0.15) is 15.9 Å². The molecule has 0 aliphatic heterocycles. The number of ether oxygens (including phenoxy) is 2. The Bertz CT molecular complexity index is 624. The monoisotopic (exact) mass is 310 g/mol. The van der Waals surface area contributed by atoms with Crippen molar-refractivity contribution < 1.29 is 27.4 Å². The third-order valence-electron chi connectivity index (χ3n) is 2.73. The van der Waals surface area contributed by atoms with Gasteiger partial charge in [0.25, 0.3) is 0 Å². The molecule has 0 atom stereocenters. The normalized spacial score (nSPS) is 11.0. The van der Waals surface area contributed by atoms with Gasteiger partial charge in [-0.2, -0.15) is 13.2 Å². The van der Waals surface area contributed by atoms with E-state index in [2.05, 4.69) is 0 Å². The van der Waals surface area contributed by atoms with Crippen LogP contribution in [-0.2, 0) is 6.61 Å². The van der Waals surface area contributed by atoms with Gasteiger partial charge in [0.15, 0.2) is 18.1 Å². The van der Waals surface area contributed by atoms with E-state index in [1.165, 1.54) is 18.2 Å². The van der Waals surface area contributed by atoms with Crippen LogP contribution in [0, 0.1) is 0 Å². The lowest BCUT2D eigenvalue weighted by molar-refractivity contribution is -0.153. The van der Waals surface area contributed by atoms with Gasteiger partial charge < -0.3 is 9.47 Å². The smallest absolute Gasteiger partial charge is 0.422 e. The molecule has 2 aromatic rings. The highest BCUT2D eigenvalue weighted by Crippen LogP contribution is 2.30. The maximum atomic E-state index is 12.2. The first kappa shape index (κ1) is 15.9. The zero-order chi connectivity index (χ0) is 16.0. The van der Waals surface area contributed by atoms with Crippen molar-refractivity contribution in [2.45, 2.75) is 12.8 Å². The lowest BCUT2D eigenvalue weighted by atomic mass is 10.2. The molecule has 2 rings (SSSR count). The largest absolute Gasteiger partial charge is 0.485 e. The maximum Gasteiger partial charge on any atom is 0.422 e. The molecule has 0 radical (unpaired) electrons. The van der Waals surface area contributed by atoms with Crippen LogP contribution < -0.4 is 9.47 Å². The maximum absolute atomic E-state index is 12.2. The molecule has 0 aromatic heterocycles. The number of rotatable bonds is 6. The van der Waals surface area contributed by atoms with Crippen molar-refractivity contribution in [1.29, 1.82) is 0 Å². The summed E-state index contributed by atoms with van der Waals surface area (Å²) in [5, 5.41) is 0. The highest BCUT2D eigenvalue weighted by molar-refractivity contribution is 5.76. The predicted octanol–water partition coefficient (Wildman–Crippen LogP) is 4.02. The lowest BCUT2D eigenvalue weighted by Crippen LogP contribution is -2.19. The van der Waals surface area contributed by atoms with E-state index >= 15 is 0 Å². The SMILES string of the molecule is O=Cc1ccc(OCC(F)(F)F)c(OCc2ccccc2)c1. The Morgan fingerprint density at radius 3 is 2.32 bits per heavy atom. The highest BCUT2D eigenvalue weighted by Gasteiger charge is 2.29. The lowest BCUT2D eigenvalue weighted by Gasteiger charge is -2.14. The molecule has 0 heterocycles. The Morgan fingerprint density at radius 2 is 1.68 bits per heavy atom. The van der Waals surface area contributed by atoms with Gasteiger partial charge in [-0.1, -0.05) is 30.3 Å². The molecule has 2 aromatic carbocycles. The van der Waals surface area contributed by atoms with Gasteiger partial charge in [-0.25, -0.2) is 0 Å². The van der Waals surface area contributed by atoms with E-state index in [9.17, 15) is 18.0 Å². The minimum atomic E-state index is -4.44. The van der Waals surface area contributed by atoms with Crippen molar-refractivity contribution in [3.8, 4) is 11.5 Å². The second kappa shape index (κ2) is 6.98. The summed E-state index contributed by atoms with van der Waals surface area (Å²) in [6.45, 7) is -1.26. The third kappa shape index (κ3) is 4.80. The van der Waals surface area contributed by atoms with Gasteiger partial charge in [0.1, 0.15) is 12.9 Å². The summed E-state index contributed by atoms with van der Waals surface area (Å²) in [4.78, 5) is 10.8. The van der Waals surface area contributed by atoms with E-state index in [4.69, 9.17) is 9.47 Å². The second-order valence-corrected chi connectivity index (χ2v) is 4.50. The first-order valence-electron chi connectivity index (χ1n) is 6.43. The van der Waals surface area contributed by atoms with Gasteiger partial charge in [-0.05, 0) is 23.8 Å². The van der Waals surface area contributed by atoms with Crippen molar-refractivity contribution >= 4 is 6.29 Å². The van der Waals surface area contributed by atoms with E-state index in [1.807, 2.05) is 30.3 Å². The summed E-state index contributed by atoms with van der Waals surface area (Å²) in [6, 6.07) is 13.1. The number of hydrogen-bond donors (Lipinski definition) is 0. The van der Waals surface area contributed by atoms with E-state index in [-0.39, 0.29) is 18.1 Å². The standard InChI is InChI=1S/C16H13F3O3/c17-16(18,19)11-22-14-7-6-13(9-20)8-15(14)21-10-12-4-2-1-3-5-12/h1-9H,10-11H2. The van der Waals surface area contributed by atoms with Crippen molar-refractivity contribution in [3.05, 3.63) is 59.7 Å². The molecule has 3 nitrogen and oxygen atoms in total. The number of halogens is 3. The van der Waals surface area contributed by atoms with Crippen molar-refractivity contribution in [2.75, 3.05) is 6.61 Å². The van der Waals surface area contributed by atoms with Gasteiger partial charge in [0, 0.05) is 5.56 Å². The topological polar surface area (TPSA) is 35.5 Å². The van der Waals surface area contributed by atoms with E-state index in [0.29, 0.717) is 11.8 Å². The molecule has 0 saturated heterocycles. The highest BCUT2D eigenvalue weighted by atomic mass is 19.4. The van der Waals surface area contributed by atoms with E-state index in [0.717, 1.165) is 5.56 Å². The van der Waals surface area contributed by atoms with Gasteiger partial charge in [0.05, 0.1) is 0 Å². The molecule has 0 aliphatic carbocycles. The summed E-state index contributed by atoms with van der Waals surface area (Å²) in [6.07, 6.45) is -3.86. The molecule has 0 fully saturated rings. The third-order valence-corrected chi connectivity index (χ3v) is 2.73. The van der Waals surface area contributed by atoms with Crippen LogP contribution in [0.2, 0.25) is 0 Å². The molecular weight excluding hydrogens is 297 g/mol. The first-order valence-corrected chi connectivity index (χ1v) is 6.43. The van der Waals surface area contributed by atoms with Crippen molar-refractivity contribution in [2.24, 2.45) is 0 Å². The Labute approximate surface area is 125 Å². The minimum absolute atomic E-state index is 0.0566. The zero-order valence-corrected chi connectivity index (χ0v) is 11.5. The molecule has 22 heavy (non-hydrogen) atoms. The zero-order valence-electron chi connectivity index (χ0n) is 11.5. The number of carbonyl (C=O) groups excluding carboxylic acids is 1. The van der Waals surface area contributed by atoms with Crippen LogP contribution >= 0.6 is 0 Å². The Balaban J connectivity index is 2.13. The fourth-order valence-electron chi connectivity index (χ4n) is 1.72. The summed E-state index contributed by atoms with van der Waals surface area (Å²) >= 11 is 0. The molecule has 0 saturated carbocycles. The first-order chi connectivity index (χ1) is 10.5. The molecule has 0 aliphatic rings. The summed E-state index contributed by atoms with van der Waals surface area (Å²) < 4.78 is 46.9. The Morgan fingerprint density at radius 1 is 0.955 bits per heavy atom. The molecule has 0 spiro atoms. The average Bonchev–Trinajstić information content (AvgIpc) is 2.51. The molecule has 0 unspecified atom stereocenters. The van der Waals surface area contributed by atoms with Gasteiger partial charge >= 0.3 is 6.18 Å². The molecule has 6 heteroatoms. The van der Waals surface area contributed by atoms with Crippen LogP contribution in [0.15, 0.2) is 48.5 Å². The van der Waals surface area contributed by atoms with Crippen molar-refractivity contribution in [1.82, 2.24) is 0 Å². The van der Waals surface area contributed by atoms with Gasteiger partial charge in [0.2, 0.25) is 0 Å². The average molecular weight is 310 g/mol. The quantitative estimate of drug-likeness (QED) is 0.756. The van der Waals surface area contributed by atoms with Crippen LogP contribution in [-0.4, -0.2) is 19.1 Å². The summed E-state index contributed by atoms with van der Waals surface area (Å²) in [5.41, 5.74) is 1.14. The molecular formula is C16H13F3O3. The fraction of sp³-hybridized carbons (Fsp3) is 0.188. The summed E-state index contributed by atoms with van der Waals surface area (Å²) in [5.74, 6) is 0.0385. The van der Waals surface area contributed by atoms with Crippen LogP contribution in [0.4, 0.5) is 13.2 Å². The predicted molar refractivity (Wildman–Crippen MR) is 74.2 cm³/mol. The van der Waals surface area contributed by atoms with E-state index in [1.54, 1.807) is 0 Å². The molecule has 116 valence electrons. The number of hydrogen-bond acceptors (Lipinski definition) is 3. The number of carbonyl (C=O) groups is 1. The van der Waals surface area contributed by atoms with Crippen LogP contribution in [0.3, 0.4) is 0 Å². The second-order valence-electron chi connectivity index (χ2n) is 4.50. The van der Waals surface area contributed by atoms with E-state index < -0.39 is 12.8 Å². The van der Waals surface area contributed by atoms with Gasteiger partial charge in [-0.15, -0.1) is 0 Å². The van der Waals surface area contributed by atoms with Crippen LogP contribution in [0.5, 0.6) is 11.5 Å². The Hall–Kier alpha value is -2.50. The summed E-state index contributed by atoms with van der Waals surface area (Å²) in [7, 11) is 0. The minimum Gasteiger partial charge on any atom is -0.485 e. The number of benzene rings is 2. The molecule has 0 amide bonds.